The van der Waals surface area contributed by atoms with E-state index in [4.69, 9.17) is 15.0 Å². The molecule has 0 saturated carbocycles. The summed E-state index contributed by atoms with van der Waals surface area (Å²) in [6.07, 6.45) is -2.33. The minimum Gasteiger partial charge on any atom is -0.652 e. The monoisotopic (exact) mass is 115 g/mol. The van der Waals surface area contributed by atoms with Crippen molar-refractivity contribution in [1.82, 2.24) is 0 Å². The van der Waals surface area contributed by atoms with E-state index >= 15 is 0 Å². The van der Waals surface area contributed by atoms with E-state index in [0.29, 0.717) is 0 Å². The molecule has 0 rings (SSSR count). The van der Waals surface area contributed by atoms with Crippen molar-refractivity contribution in [2.75, 3.05) is 0 Å². The Morgan fingerprint density at radius 2 is 1.33 bits per heavy atom. The summed E-state index contributed by atoms with van der Waals surface area (Å²) in [5, 5.41) is 16.7. The van der Waals surface area contributed by atoms with Crippen molar-refractivity contribution in [3.05, 3.63) is 0 Å². The molecule has 0 saturated heterocycles. The first-order chi connectivity index (χ1) is 1.73. The summed E-state index contributed by atoms with van der Waals surface area (Å²) in [5.74, 6) is 0. The van der Waals surface area contributed by atoms with E-state index in [1.165, 1.54) is 0 Å². The van der Waals surface area contributed by atoms with E-state index in [1.54, 1.807) is 0 Å². The minimum absolute atomic E-state index is 0. The third kappa shape index (κ3) is 174. The van der Waals surface area contributed by atoms with Gasteiger partial charge < -0.3 is 15.0 Å². The number of hydrogen-bond acceptors (Lipinski definition) is 3. The van der Waals surface area contributed by atoms with E-state index in [0.717, 1.165) is 0 Å². The maximum atomic E-state index is 8.33. The van der Waals surface area contributed by atoms with Gasteiger partial charge in [0, 0.05) is 0 Å². The second-order valence-electron chi connectivity index (χ2n) is 0.250. The Morgan fingerprint density at radius 1 is 1.33 bits per heavy atom. The molecule has 0 aliphatic heterocycles. The van der Waals surface area contributed by atoms with Crippen LogP contribution in [0.25, 0.3) is 0 Å². The fourth-order valence-electron chi connectivity index (χ4n) is 0. The molecule has 0 aliphatic rings. The Labute approximate surface area is 61.8 Å². The molecule has 0 spiro atoms. The summed E-state index contributed by atoms with van der Waals surface area (Å²) in [4.78, 5) is 8.33. The van der Waals surface area contributed by atoms with Crippen LogP contribution in [-0.4, -0.2) is 6.16 Å². The molecule has 0 amide bonds. The van der Waals surface area contributed by atoms with Gasteiger partial charge in [-0.15, -0.1) is 0 Å². The molecule has 0 heterocycles. The Morgan fingerprint density at radius 3 is 1.33 bits per heavy atom. The van der Waals surface area contributed by atoms with Crippen molar-refractivity contribution in [3.8, 4) is 0 Å². The van der Waals surface area contributed by atoms with Crippen LogP contribution in [0, 0.1) is 0 Å². The van der Waals surface area contributed by atoms with Crippen molar-refractivity contribution in [1.29, 1.82) is 0 Å². The number of hydrogen-bond donors (Lipinski definition) is 0. The summed E-state index contributed by atoms with van der Waals surface area (Å²) in [5.41, 5.74) is 0. The molecular weight excluding hydrogens is 115 g/mol. The van der Waals surface area contributed by atoms with Crippen LogP contribution in [0.1, 0.15) is 0 Å². The van der Waals surface area contributed by atoms with Crippen molar-refractivity contribution in [3.63, 3.8) is 0 Å². The van der Waals surface area contributed by atoms with Crippen LogP contribution in [-0.2, 0) is 21.7 Å². The largest absolute Gasteiger partial charge is 4.00 e. The van der Waals surface area contributed by atoms with Gasteiger partial charge in [-0.3, -0.25) is 0 Å². The van der Waals surface area contributed by atoms with E-state index < -0.39 is 6.16 Å². The molecule has 0 aromatic rings. The molecule has 0 atom stereocenters. The van der Waals surface area contributed by atoms with Crippen molar-refractivity contribution in [2.24, 2.45) is 0 Å². The predicted octanol–water partition coefficient (Wildman–Crippen LogP) is -5.45. The van der Waals surface area contributed by atoms with Crippen molar-refractivity contribution >= 4 is 6.16 Å². The normalized spacial score (nSPS) is 4.00. The summed E-state index contributed by atoms with van der Waals surface area (Å²) in [6.45, 7) is 0. The molecular formula is CLiO3Ti+3. The maximum Gasteiger partial charge on any atom is 4.00 e. The molecule has 24 valence electrons. The SMILES string of the molecule is O=C([O-])[O-].[Li+].[Ti+4]. The topological polar surface area (TPSA) is 63.2 Å². The zero-order valence-electron chi connectivity index (χ0n) is 3.22. The second kappa shape index (κ2) is 9.13. The Hall–Kier alpha value is 0.582. The molecule has 0 radical (unpaired) electrons. The van der Waals surface area contributed by atoms with E-state index in [9.17, 15) is 0 Å². The smallest absolute Gasteiger partial charge is 0.652 e. The van der Waals surface area contributed by atoms with E-state index in [1.807, 2.05) is 0 Å². The second-order valence-corrected chi connectivity index (χ2v) is 0.250. The van der Waals surface area contributed by atoms with E-state index in [-0.39, 0.29) is 40.6 Å². The van der Waals surface area contributed by atoms with Gasteiger partial charge in [0.1, 0.15) is 0 Å². The number of carbonyl (C=O) groups excluding carboxylic acids is 1. The average Bonchev–Trinajstić information content (AvgIpc) is 0.811. The number of carbonyl (C=O) groups is 1. The van der Waals surface area contributed by atoms with Gasteiger partial charge in [0.2, 0.25) is 0 Å². The quantitative estimate of drug-likeness (QED) is 0.296. The number of rotatable bonds is 0. The summed E-state index contributed by atoms with van der Waals surface area (Å²) < 4.78 is 0. The molecule has 3 nitrogen and oxygen atoms in total. The van der Waals surface area contributed by atoms with Gasteiger partial charge in [0.05, 0.1) is 0 Å². The molecule has 0 bridgehead atoms. The van der Waals surface area contributed by atoms with Gasteiger partial charge in [-0.05, 0) is 6.16 Å². The molecule has 0 aromatic heterocycles. The van der Waals surface area contributed by atoms with Crippen LogP contribution >= 0.6 is 0 Å². The zero-order valence-corrected chi connectivity index (χ0v) is 4.79. The van der Waals surface area contributed by atoms with Crippen LogP contribution in [0.2, 0.25) is 0 Å². The molecule has 5 heteroatoms. The standard InChI is InChI=1S/CH2O3.Li.Ti/c2-1(3)4;;/h(H2,2,3,4);;/q;+1;+4/p-2. The molecule has 0 N–H and O–H groups in total. The summed E-state index contributed by atoms with van der Waals surface area (Å²) in [7, 11) is 0. The van der Waals surface area contributed by atoms with Gasteiger partial charge in [0.25, 0.3) is 0 Å². The van der Waals surface area contributed by atoms with Gasteiger partial charge in [-0.25, -0.2) is 0 Å². The fraction of sp³-hybridized carbons (Fsp3) is 0. The van der Waals surface area contributed by atoms with Crippen LogP contribution in [0.3, 0.4) is 0 Å². The van der Waals surface area contributed by atoms with Crippen LogP contribution in [0.15, 0.2) is 0 Å². The van der Waals surface area contributed by atoms with E-state index in [2.05, 4.69) is 0 Å². The molecule has 0 fully saturated rings. The Bertz CT molecular complexity index is 33.8. The Balaban J connectivity index is -0.0000000450. The van der Waals surface area contributed by atoms with Crippen molar-refractivity contribution < 1.29 is 55.6 Å². The Kier molecular flexibility index (Phi) is 24.3. The minimum atomic E-state index is -2.33. The molecule has 0 aliphatic carbocycles. The van der Waals surface area contributed by atoms with Gasteiger partial charge in [-0.1, -0.05) is 0 Å². The fourth-order valence-corrected chi connectivity index (χ4v) is 0. The summed E-state index contributed by atoms with van der Waals surface area (Å²) in [6, 6.07) is 0. The molecule has 0 unspecified atom stereocenters. The third-order valence-electron chi connectivity index (χ3n) is 0. The van der Waals surface area contributed by atoms with Crippen LogP contribution in [0.5, 0.6) is 0 Å². The first-order valence-electron chi connectivity index (χ1n) is 0.612. The summed E-state index contributed by atoms with van der Waals surface area (Å²) >= 11 is 0. The molecule has 6 heavy (non-hydrogen) atoms. The van der Waals surface area contributed by atoms with Gasteiger partial charge in [-0.2, -0.15) is 0 Å². The predicted molar refractivity (Wildman–Crippen MR) is 5.40 cm³/mol. The molecule has 0 aromatic carbocycles. The van der Waals surface area contributed by atoms with Crippen LogP contribution in [0.4, 0.5) is 4.79 Å². The average molecular weight is 115 g/mol. The third-order valence-corrected chi connectivity index (χ3v) is 0. The first kappa shape index (κ1) is 16.0. The zero-order chi connectivity index (χ0) is 3.58. The first-order valence-corrected chi connectivity index (χ1v) is 0.612. The van der Waals surface area contributed by atoms with Crippen molar-refractivity contribution in [2.45, 2.75) is 0 Å². The maximum absolute atomic E-state index is 8.33. The van der Waals surface area contributed by atoms with Crippen LogP contribution < -0.4 is 29.1 Å². The van der Waals surface area contributed by atoms with Gasteiger partial charge >= 0.3 is 40.6 Å². The van der Waals surface area contributed by atoms with Gasteiger partial charge in [0.15, 0.2) is 0 Å². The number of carboxylic acid groups (broad SMARTS) is 2.